The van der Waals surface area contributed by atoms with Crippen molar-refractivity contribution in [1.82, 2.24) is 14.9 Å². The smallest absolute Gasteiger partial charge is 0.293 e. The fourth-order valence-electron chi connectivity index (χ4n) is 3.96. The van der Waals surface area contributed by atoms with Gasteiger partial charge in [0.2, 0.25) is 0 Å². The third-order valence-electron chi connectivity index (χ3n) is 4.87. The van der Waals surface area contributed by atoms with Gasteiger partial charge in [-0.25, -0.2) is 4.98 Å². The molecule has 0 amide bonds. The summed E-state index contributed by atoms with van der Waals surface area (Å²) in [5.41, 5.74) is 0.0672. The molecular formula is C16H26N4O. The van der Waals surface area contributed by atoms with E-state index in [4.69, 9.17) is 0 Å². The lowest BCUT2D eigenvalue weighted by Gasteiger charge is -2.27. The summed E-state index contributed by atoms with van der Waals surface area (Å²) in [4.78, 5) is 19.4. The molecule has 1 N–H and O–H groups in total. The highest BCUT2D eigenvalue weighted by Gasteiger charge is 2.44. The van der Waals surface area contributed by atoms with Gasteiger partial charge in [-0.3, -0.25) is 4.79 Å². The van der Waals surface area contributed by atoms with Gasteiger partial charge in [-0.15, -0.1) is 0 Å². The Morgan fingerprint density at radius 2 is 2.24 bits per heavy atom. The van der Waals surface area contributed by atoms with Gasteiger partial charge in [-0.05, 0) is 24.2 Å². The topological polar surface area (TPSA) is 50.2 Å². The Bertz CT molecular complexity index is 553. The van der Waals surface area contributed by atoms with E-state index in [1.54, 1.807) is 6.20 Å². The van der Waals surface area contributed by atoms with E-state index in [0.29, 0.717) is 29.6 Å². The van der Waals surface area contributed by atoms with Crippen LogP contribution in [0.1, 0.15) is 27.2 Å². The lowest BCUT2D eigenvalue weighted by atomic mass is 9.93. The van der Waals surface area contributed by atoms with E-state index >= 15 is 0 Å². The SMILES string of the molecule is CCC1C2CNCC2CN1c1nccn(CC(C)C)c1=O. The van der Waals surface area contributed by atoms with Crippen LogP contribution in [0.3, 0.4) is 0 Å². The first-order chi connectivity index (χ1) is 10.1. The molecule has 3 atom stereocenters. The van der Waals surface area contributed by atoms with Crippen LogP contribution in [0.25, 0.3) is 0 Å². The molecule has 0 bridgehead atoms. The molecule has 116 valence electrons. The largest absolute Gasteiger partial charge is 0.348 e. The van der Waals surface area contributed by atoms with Gasteiger partial charge in [-0.2, -0.15) is 0 Å². The number of nitrogens with zero attached hydrogens (tertiary/aromatic N) is 3. The van der Waals surface area contributed by atoms with Crippen LogP contribution in [0.5, 0.6) is 0 Å². The van der Waals surface area contributed by atoms with Crippen LogP contribution in [-0.4, -0.2) is 35.2 Å². The fourth-order valence-corrected chi connectivity index (χ4v) is 3.96. The Hall–Kier alpha value is -1.36. The van der Waals surface area contributed by atoms with Crippen LogP contribution in [-0.2, 0) is 6.54 Å². The normalized spacial score (nSPS) is 28.4. The van der Waals surface area contributed by atoms with Gasteiger partial charge >= 0.3 is 0 Å². The second-order valence-corrected chi connectivity index (χ2v) is 6.81. The minimum absolute atomic E-state index is 0.0672. The maximum absolute atomic E-state index is 12.7. The molecule has 2 aliphatic rings. The predicted octanol–water partition coefficient (Wildman–Crippen LogP) is 1.33. The highest BCUT2D eigenvalue weighted by Crippen LogP contribution is 2.35. The third-order valence-corrected chi connectivity index (χ3v) is 4.87. The number of hydrogen-bond donors (Lipinski definition) is 1. The zero-order valence-electron chi connectivity index (χ0n) is 13.2. The van der Waals surface area contributed by atoms with Gasteiger partial charge in [0.1, 0.15) is 0 Å². The van der Waals surface area contributed by atoms with Gasteiger partial charge in [-0.1, -0.05) is 20.8 Å². The Labute approximate surface area is 126 Å². The summed E-state index contributed by atoms with van der Waals surface area (Å²) in [5.74, 6) is 2.44. The molecule has 3 rings (SSSR count). The first-order valence-corrected chi connectivity index (χ1v) is 8.14. The van der Waals surface area contributed by atoms with Crippen molar-refractivity contribution in [2.75, 3.05) is 24.5 Å². The van der Waals surface area contributed by atoms with Crippen LogP contribution in [0, 0.1) is 17.8 Å². The van der Waals surface area contributed by atoms with E-state index < -0.39 is 0 Å². The summed E-state index contributed by atoms with van der Waals surface area (Å²) >= 11 is 0. The summed E-state index contributed by atoms with van der Waals surface area (Å²) in [7, 11) is 0. The maximum atomic E-state index is 12.7. The number of hydrogen-bond acceptors (Lipinski definition) is 4. The van der Waals surface area contributed by atoms with Crippen molar-refractivity contribution in [1.29, 1.82) is 0 Å². The lowest BCUT2D eigenvalue weighted by Crippen LogP contribution is -2.40. The van der Waals surface area contributed by atoms with E-state index in [2.05, 4.69) is 36.0 Å². The molecule has 1 aromatic rings. The van der Waals surface area contributed by atoms with Gasteiger partial charge in [0.15, 0.2) is 5.82 Å². The van der Waals surface area contributed by atoms with Gasteiger partial charge in [0, 0.05) is 44.6 Å². The first-order valence-electron chi connectivity index (χ1n) is 8.14. The van der Waals surface area contributed by atoms with Crippen molar-refractivity contribution in [3.8, 4) is 0 Å². The van der Waals surface area contributed by atoms with Crippen LogP contribution < -0.4 is 15.8 Å². The second-order valence-electron chi connectivity index (χ2n) is 6.81. The molecule has 3 unspecified atom stereocenters. The Kier molecular flexibility index (Phi) is 4.02. The molecule has 0 aromatic carbocycles. The van der Waals surface area contributed by atoms with E-state index in [0.717, 1.165) is 32.6 Å². The monoisotopic (exact) mass is 290 g/mol. The molecule has 5 nitrogen and oxygen atoms in total. The van der Waals surface area contributed by atoms with E-state index in [1.807, 2.05) is 10.8 Å². The Morgan fingerprint density at radius 3 is 2.95 bits per heavy atom. The lowest BCUT2D eigenvalue weighted by molar-refractivity contribution is 0.440. The molecule has 3 heterocycles. The molecule has 0 aliphatic carbocycles. The molecular weight excluding hydrogens is 264 g/mol. The van der Waals surface area contributed by atoms with Crippen molar-refractivity contribution in [2.24, 2.45) is 17.8 Å². The van der Waals surface area contributed by atoms with Gasteiger partial charge in [0.25, 0.3) is 5.56 Å². The second kappa shape index (κ2) is 5.79. The highest BCUT2D eigenvalue weighted by atomic mass is 16.1. The average molecular weight is 290 g/mol. The number of fused-ring (bicyclic) bond motifs is 1. The Balaban J connectivity index is 1.91. The van der Waals surface area contributed by atoms with Crippen molar-refractivity contribution < 1.29 is 0 Å². The Morgan fingerprint density at radius 1 is 1.43 bits per heavy atom. The number of aromatic nitrogens is 2. The molecule has 2 fully saturated rings. The molecule has 2 aliphatic heterocycles. The van der Waals surface area contributed by atoms with Crippen LogP contribution in [0.2, 0.25) is 0 Å². The van der Waals surface area contributed by atoms with Crippen LogP contribution >= 0.6 is 0 Å². The number of anilines is 1. The number of rotatable bonds is 4. The summed E-state index contributed by atoms with van der Waals surface area (Å²) in [5, 5.41) is 3.48. The predicted molar refractivity (Wildman–Crippen MR) is 84.6 cm³/mol. The first kappa shape index (κ1) is 14.6. The quantitative estimate of drug-likeness (QED) is 0.909. The van der Waals surface area contributed by atoms with Crippen molar-refractivity contribution >= 4 is 5.82 Å². The number of nitrogens with one attached hydrogen (secondary N) is 1. The molecule has 1 aromatic heterocycles. The minimum atomic E-state index is 0.0672. The maximum Gasteiger partial charge on any atom is 0.293 e. The van der Waals surface area contributed by atoms with E-state index in [9.17, 15) is 4.79 Å². The van der Waals surface area contributed by atoms with Crippen LogP contribution in [0.15, 0.2) is 17.2 Å². The van der Waals surface area contributed by atoms with Gasteiger partial charge in [0.05, 0.1) is 0 Å². The zero-order valence-corrected chi connectivity index (χ0v) is 13.2. The summed E-state index contributed by atoms with van der Waals surface area (Å²) in [6.07, 6.45) is 4.66. The average Bonchev–Trinajstić information content (AvgIpc) is 3.00. The van der Waals surface area contributed by atoms with Gasteiger partial charge < -0.3 is 14.8 Å². The third kappa shape index (κ3) is 2.59. The highest BCUT2D eigenvalue weighted by molar-refractivity contribution is 5.40. The van der Waals surface area contributed by atoms with Crippen LogP contribution in [0.4, 0.5) is 5.82 Å². The van der Waals surface area contributed by atoms with Crippen molar-refractivity contribution in [3.63, 3.8) is 0 Å². The summed E-state index contributed by atoms with van der Waals surface area (Å²) in [6.45, 7) is 10.4. The summed E-state index contributed by atoms with van der Waals surface area (Å²) < 4.78 is 1.81. The zero-order chi connectivity index (χ0) is 15.0. The molecule has 21 heavy (non-hydrogen) atoms. The molecule has 5 heteroatoms. The molecule has 0 saturated carbocycles. The summed E-state index contributed by atoms with van der Waals surface area (Å²) in [6, 6.07) is 0.445. The fraction of sp³-hybridized carbons (Fsp3) is 0.750. The van der Waals surface area contributed by atoms with Crippen molar-refractivity contribution in [3.05, 3.63) is 22.7 Å². The molecule has 0 spiro atoms. The van der Waals surface area contributed by atoms with E-state index in [-0.39, 0.29) is 5.56 Å². The van der Waals surface area contributed by atoms with Crippen molar-refractivity contribution in [2.45, 2.75) is 39.8 Å². The minimum Gasteiger partial charge on any atom is -0.348 e. The molecule has 0 radical (unpaired) electrons. The van der Waals surface area contributed by atoms with E-state index in [1.165, 1.54) is 0 Å². The molecule has 2 saturated heterocycles. The standard InChI is InChI=1S/C16H26N4O/c1-4-14-13-8-17-7-12(13)10-20(14)15-16(21)19(6-5-18-15)9-11(2)3/h5-6,11-14,17H,4,7-10H2,1-3H3.